The van der Waals surface area contributed by atoms with E-state index in [0.717, 1.165) is 29.4 Å². The van der Waals surface area contributed by atoms with Crippen molar-refractivity contribution in [3.8, 4) is 5.40 Å². The molecule has 0 aromatic carbocycles. The maximum absolute atomic E-state index is 10.2. The Morgan fingerprint density at radius 3 is 2.70 bits per heavy atom. The number of thioether (sulfide) groups is 1. The van der Waals surface area contributed by atoms with Gasteiger partial charge in [-0.15, -0.1) is 0 Å². The van der Waals surface area contributed by atoms with Gasteiger partial charge in [-0.25, -0.2) is 0 Å². The Kier molecular flexibility index (Phi) is 4.69. The molecular weight excluding hydrogens is 146 g/mol. The second-order valence-corrected chi connectivity index (χ2v) is 2.65. The average Bonchev–Trinajstić information content (AvgIpc) is 1.99. The third kappa shape index (κ3) is 2.70. The molecule has 0 N–H and O–H groups in total. The van der Waals surface area contributed by atoms with Crippen molar-refractivity contribution in [2.24, 2.45) is 0 Å². The van der Waals surface area contributed by atoms with Gasteiger partial charge in [-0.2, -0.15) is 5.26 Å². The van der Waals surface area contributed by atoms with Crippen LogP contribution < -0.4 is 0 Å². The van der Waals surface area contributed by atoms with Crippen molar-refractivity contribution in [3.63, 3.8) is 0 Å². The molecule has 0 fully saturated rings. The maximum atomic E-state index is 10.2. The number of carbonyl (C=O) groups is 1. The Labute approximate surface area is 64.9 Å². The monoisotopic (exact) mass is 155 g/mol. The van der Waals surface area contributed by atoms with E-state index in [-0.39, 0.29) is 0 Å². The van der Waals surface area contributed by atoms with Crippen LogP contribution in [0.4, 0.5) is 0 Å². The minimum atomic E-state index is 0.661. The highest BCUT2D eigenvalue weighted by molar-refractivity contribution is 8.07. The summed E-state index contributed by atoms with van der Waals surface area (Å²) in [5, 5.41) is 10.2. The molecule has 0 amide bonds. The van der Waals surface area contributed by atoms with Crippen molar-refractivity contribution in [3.05, 3.63) is 10.5 Å². The first kappa shape index (κ1) is 9.25. The molecule has 0 aliphatic rings. The van der Waals surface area contributed by atoms with E-state index in [9.17, 15) is 4.79 Å². The number of hydrogen-bond donors (Lipinski definition) is 0. The van der Waals surface area contributed by atoms with E-state index in [2.05, 4.69) is 0 Å². The Morgan fingerprint density at radius 2 is 2.40 bits per heavy atom. The predicted molar refractivity (Wildman–Crippen MR) is 42.3 cm³/mol. The summed E-state index contributed by atoms with van der Waals surface area (Å²) in [4.78, 5) is 11.1. The van der Waals surface area contributed by atoms with Crippen LogP contribution in [0.3, 0.4) is 0 Å². The molecule has 2 nitrogen and oxygen atoms in total. The van der Waals surface area contributed by atoms with E-state index in [4.69, 9.17) is 5.26 Å². The molecule has 3 heteroatoms. The number of thiocyanates is 1. The summed E-state index contributed by atoms with van der Waals surface area (Å²) in [6.07, 6.45) is 1.53. The van der Waals surface area contributed by atoms with Crippen molar-refractivity contribution < 1.29 is 4.79 Å². The normalized spacial score (nSPS) is 11.7. The highest BCUT2D eigenvalue weighted by Crippen LogP contribution is 2.20. The molecule has 0 unspecified atom stereocenters. The highest BCUT2D eigenvalue weighted by atomic mass is 32.2. The van der Waals surface area contributed by atoms with Crippen molar-refractivity contribution >= 4 is 18.0 Å². The zero-order valence-corrected chi connectivity index (χ0v) is 6.86. The molecule has 0 rings (SSSR count). The van der Waals surface area contributed by atoms with Crippen molar-refractivity contribution in [2.45, 2.75) is 20.3 Å². The van der Waals surface area contributed by atoms with Crippen LogP contribution in [0, 0.1) is 10.7 Å². The summed E-state index contributed by atoms with van der Waals surface area (Å²) in [7, 11) is 0. The largest absolute Gasteiger partial charge is 0.298 e. The van der Waals surface area contributed by atoms with E-state index in [1.807, 2.05) is 12.3 Å². The molecule has 0 bridgehead atoms. The van der Waals surface area contributed by atoms with E-state index in [1.165, 1.54) is 0 Å². The van der Waals surface area contributed by atoms with Gasteiger partial charge in [-0.3, -0.25) is 4.79 Å². The van der Waals surface area contributed by atoms with Gasteiger partial charge in [0.25, 0.3) is 0 Å². The van der Waals surface area contributed by atoms with E-state index >= 15 is 0 Å². The Balaban J connectivity index is 4.32. The van der Waals surface area contributed by atoms with Gasteiger partial charge in [-0.05, 0) is 30.7 Å². The zero-order chi connectivity index (χ0) is 7.98. The van der Waals surface area contributed by atoms with Crippen LogP contribution in [0.5, 0.6) is 0 Å². The average molecular weight is 155 g/mol. The van der Waals surface area contributed by atoms with Crippen LogP contribution >= 0.6 is 11.8 Å². The Morgan fingerprint density at radius 1 is 1.80 bits per heavy atom. The van der Waals surface area contributed by atoms with Gasteiger partial charge in [0.15, 0.2) is 0 Å². The van der Waals surface area contributed by atoms with Crippen molar-refractivity contribution in [1.82, 2.24) is 0 Å². The molecular formula is C7H9NOS. The lowest BCUT2D eigenvalue weighted by Crippen LogP contribution is -1.82. The van der Waals surface area contributed by atoms with E-state index < -0.39 is 0 Å². The first-order valence-electron chi connectivity index (χ1n) is 2.97. The van der Waals surface area contributed by atoms with Crippen LogP contribution in [-0.2, 0) is 4.79 Å². The molecule has 0 heterocycles. The lowest BCUT2D eigenvalue weighted by Gasteiger charge is -1.96. The minimum Gasteiger partial charge on any atom is -0.298 e. The topological polar surface area (TPSA) is 40.9 Å². The smallest absolute Gasteiger partial charge is 0.146 e. The number of carbonyl (C=O) groups excluding carboxylic acids is 1. The molecule has 0 radical (unpaired) electrons. The van der Waals surface area contributed by atoms with Gasteiger partial charge < -0.3 is 0 Å². The van der Waals surface area contributed by atoms with Gasteiger partial charge in [0.05, 0.1) is 0 Å². The quantitative estimate of drug-likeness (QED) is 0.356. The second-order valence-electron chi connectivity index (χ2n) is 1.77. The summed E-state index contributed by atoms with van der Waals surface area (Å²) in [5.74, 6) is 0. The molecule has 0 saturated heterocycles. The van der Waals surface area contributed by atoms with Crippen LogP contribution in [0.25, 0.3) is 0 Å². The summed E-state index contributed by atoms with van der Waals surface area (Å²) >= 11 is 1.06. The Hall–Kier alpha value is -0.750. The standard InChI is InChI=1S/C7H9NOS/c1-3-7(10-5-8)6(2)4-9/h4H,3H2,1-2H3/b7-6+. The minimum absolute atomic E-state index is 0.661. The molecule has 10 heavy (non-hydrogen) atoms. The van der Waals surface area contributed by atoms with Gasteiger partial charge in [0, 0.05) is 4.91 Å². The van der Waals surface area contributed by atoms with E-state index in [0.29, 0.717) is 5.57 Å². The van der Waals surface area contributed by atoms with Crippen LogP contribution in [0.15, 0.2) is 10.5 Å². The van der Waals surface area contributed by atoms with Crippen molar-refractivity contribution in [1.29, 1.82) is 5.26 Å². The van der Waals surface area contributed by atoms with Crippen LogP contribution in [0.1, 0.15) is 20.3 Å². The molecule has 0 spiro atoms. The van der Waals surface area contributed by atoms with Gasteiger partial charge in [0.1, 0.15) is 11.7 Å². The predicted octanol–water partition coefficient (Wildman–Crippen LogP) is 2.08. The molecule has 0 aromatic rings. The number of nitrogens with zero attached hydrogens (tertiary/aromatic N) is 1. The molecule has 54 valence electrons. The molecule has 0 aromatic heterocycles. The summed E-state index contributed by atoms with van der Waals surface area (Å²) in [6, 6.07) is 0. The highest BCUT2D eigenvalue weighted by Gasteiger charge is 1.98. The van der Waals surface area contributed by atoms with Crippen LogP contribution in [-0.4, -0.2) is 6.29 Å². The van der Waals surface area contributed by atoms with Gasteiger partial charge in [-0.1, -0.05) is 6.92 Å². The number of nitriles is 1. The van der Waals surface area contributed by atoms with Crippen molar-refractivity contribution in [2.75, 3.05) is 0 Å². The SMILES string of the molecule is CC/C(SC#N)=C(/C)C=O. The molecule has 0 atom stereocenters. The number of aldehydes is 1. The first-order chi connectivity index (χ1) is 4.76. The van der Waals surface area contributed by atoms with Gasteiger partial charge in [0.2, 0.25) is 0 Å². The third-order valence-corrected chi connectivity index (χ3v) is 2.05. The number of allylic oxidation sites excluding steroid dienone is 2. The summed E-state index contributed by atoms with van der Waals surface area (Å²) in [6.45, 7) is 3.64. The Bertz CT molecular complexity index is 190. The van der Waals surface area contributed by atoms with Crippen LogP contribution in [0.2, 0.25) is 0 Å². The fourth-order valence-corrected chi connectivity index (χ4v) is 1.02. The maximum Gasteiger partial charge on any atom is 0.146 e. The lowest BCUT2D eigenvalue weighted by molar-refractivity contribution is -0.104. The third-order valence-electron chi connectivity index (χ3n) is 1.11. The summed E-state index contributed by atoms with van der Waals surface area (Å²) < 4.78 is 0. The lowest BCUT2D eigenvalue weighted by atomic mass is 10.3. The number of hydrogen-bond acceptors (Lipinski definition) is 3. The van der Waals surface area contributed by atoms with Gasteiger partial charge >= 0.3 is 0 Å². The fourth-order valence-electron chi connectivity index (χ4n) is 0.552. The molecule has 0 aliphatic heterocycles. The molecule has 0 aliphatic carbocycles. The fraction of sp³-hybridized carbons (Fsp3) is 0.429. The first-order valence-corrected chi connectivity index (χ1v) is 3.78. The summed E-state index contributed by atoms with van der Waals surface area (Å²) in [5.41, 5.74) is 0.661. The molecule has 0 saturated carbocycles. The second kappa shape index (κ2) is 5.07. The zero-order valence-electron chi connectivity index (χ0n) is 6.05. The van der Waals surface area contributed by atoms with E-state index in [1.54, 1.807) is 6.92 Å². The number of rotatable bonds is 3.